The number of amides is 1. The van der Waals surface area contributed by atoms with Gasteiger partial charge in [-0.1, -0.05) is 35.3 Å². The van der Waals surface area contributed by atoms with Gasteiger partial charge in [0.25, 0.3) is 5.91 Å². The molecule has 2 heterocycles. The van der Waals surface area contributed by atoms with Crippen molar-refractivity contribution in [2.24, 2.45) is 0 Å². The molecule has 0 saturated carbocycles. The fraction of sp³-hybridized carbons (Fsp3) is 0.286. The highest BCUT2D eigenvalue weighted by atomic mass is 35.5. The first kappa shape index (κ1) is 20.2. The molecule has 2 N–H and O–H groups in total. The van der Waals surface area contributed by atoms with Gasteiger partial charge in [-0.25, -0.2) is 4.39 Å². The average Bonchev–Trinajstić information content (AvgIpc) is 3.05. The van der Waals surface area contributed by atoms with Gasteiger partial charge in [0.05, 0.1) is 24.3 Å². The molecule has 1 aliphatic heterocycles. The zero-order valence-corrected chi connectivity index (χ0v) is 17.1. The number of fused-ring (bicyclic) bond motifs is 1. The average molecular weight is 436 g/mol. The normalized spacial score (nSPS) is 16.1. The standard InChI is InChI=1S/C21H20Cl2FN3O2/c22-14-4-5-17-16(11-14)19(23)20(26-17)21(28)25-12-18(27-6-8-29-9-7-27)13-2-1-3-15(24)10-13/h1-5,10-11,18,26H,6-9,12H2,(H,25,28). The van der Waals surface area contributed by atoms with Crippen LogP contribution in [0.5, 0.6) is 0 Å². The highest BCUT2D eigenvalue weighted by molar-refractivity contribution is 6.39. The number of aromatic nitrogens is 1. The van der Waals surface area contributed by atoms with Gasteiger partial charge in [0.2, 0.25) is 0 Å². The second-order valence-electron chi connectivity index (χ2n) is 6.93. The molecule has 1 amide bonds. The van der Waals surface area contributed by atoms with Gasteiger partial charge >= 0.3 is 0 Å². The minimum absolute atomic E-state index is 0.170. The highest BCUT2D eigenvalue weighted by Gasteiger charge is 2.25. The van der Waals surface area contributed by atoms with Crippen molar-refractivity contribution in [1.82, 2.24) is 15.2 Å². The van der Waals surface area contributed by atoms with Gasteiger partial charge in [-0.3, -0.25) is 9.69 Å². The Morgan fingerprint density at radius 2 is 2.00 bits per heavy atom. The molecule has 1 saturated heterocycles. The van der Waals surface area contributed by atoms with E-state index in [1.807, 2.05) is 6.07 Å². The van der Waals surface area contributed by atoms with Crippen molar-refractivity contribution in [3.05, 3.63) is 69.6 Å². The molecule has 1 atom stereocenters. The van der Waals surface area contributed by atoms with Crippen LogP contribution in [0.3, 0.4) is 0 Å². The fourth-order valence-electron chi connectivity index (χ4n) is 3.63. The number of ether oxygens (including phenoxy) is 1. The summed E-state index contributed by atoms with van der Waals surface area (Å²) < 4.78 is 19.2. The van der Waals surface area contributed by atoms with Crippen LogP contribution in [0.2, 0.25) is 10.0 Å². The van der Waals surface area contributed by atoms with Crippen LogP contribution in [0.1, 0.15) is 22.1 Å². The lowest BCUT2D eigenvalue weighted by Gasteiger charge is -2.34. The largest absolute Gasteiger partial charge is 0.379 e. The molecular formula is C21H20Cl2FN3O2. The SMILES string of the molecule is O=C(NCC(c1cccc(F)c1)N1CCOCC1)c1[nH]c2ccc(Cl)cc2c1Cl. The van der Waals surface area contributed by atoms with Crippen molar-refractivity contribution in [2.45, 2.75) is 6.04 Å². The van der Waals surface area contributed by atoms with E-state index in [0.29, 0.717) is 48.3 Å². The first-order valence-corrected chi connectivity index (χ1v) is 10.1. The van der Waals surface area contributed by atoms with Crippen LogP contribution in [0.25, 0.3) is 10.9 Å². The molecule has 5 nitrogen and oxygen atoms in total. The molecule has 0 bridgehead atoms. The Labute approximate surface area is 177 Å². The summed E-state index contributed by atoms with van der Waals surface area (Å²) in [7, 11) is 0. The third kappa shape index (κ3) is 4.41. The number of hydrogen-bond acceptors (Lipinski definition) is 3. The minimum Gasteiger partial charge on any atom is -0.379 e. The maximum atomic E-state index is 13.8. The zero-order valence-electron chi connectivity index (χ0n) is 15.6. The molecule has 0 aliphatic carbocycles. The van der Waals surface area contributed by atoms with E-state index in [4.69, 9.17) is 27.9 Å². The second kappa shape index (κ2) is 8.71. The van der Waals surface area contributed by atoms with Crippen LogP contribution in [0.15, 0.2) is 42.5 Å². The maximum Gasteiger partial charge on any atom is 0.269 e. The summed E-state index contributed by atoms with van der Waals surface area (Å²) in [4.78, 5) is 18.1. The van der Waals surface area contributed by atoms with E-state index in [2.05, 4.69) is 15.2 Å². The Morgan fingerprint density at radius 3 is 2.76 bits per heavy atom. The molecule has 8 heteroatoms. The minimum atomic E-state index is -0.322. The molecule has 2 aromatic carbocycles. The summed E-state index contributed by atoms with van der Waals surface area (Å²) in [5, 5.41) is 4.50. The molecule has 0 spiro atoms. The lowest BCUT2D eigenvalue weighted by molar-refractivity contribution is 0.0161. The van der Waals surface area contributed by atoms with Gasteiger partial charge in [0.15, 0.2) is 0 Å². The summed E-state index contributed by atoms with van der Waals surface area (Å²) in [6.07, 6.45) is 0. The number of carbonyl (C=O) groups is 1. The van der Waals surface area contributed by atoms with Crippen LogP contribution < -0.4 is 5.32 Å². The number of rotatable bonds is 5. The Balaban J connectivity index is 1.55. The first-order valence-electron chi connectivity index (χ1n) is 9.35. The predicted octanol–water partition coefficient (Wildman–Crippen LogP) is 4.42. The fourth-order valence-corrected chi connectivity index (χ4v) is 4.09. The molecule has 1 aliphatic rings. The number of carbonyl (C=O) groups excluding carboxylic acids is 1. The number of hydrogen-bond donors (Lipinski definition) is 2. The number of aromatic amines is 1. The van der Waals surface area contributed by atoms with Crippen LogP contribution in [-0.4, -0.2) is 48.6 Å². The van der Waals surface area contributed by atoms with E-state index in [1.165, 1.54) is 12.1 Å². The van der Waals surface area contributed by atoms with E-state index in [0.717, 1.165) is 11.1 Å². The summed E-state index contributed by atoms with van der Waals surface area (Å²) in [6.45, 7) is 2.95. The van der Waals surface area contributed by atoms with E-state index in [1.54, 1.807) is 24.3 Å². The van der Waals surface area contributed by atoms with Crippen LogP contribution in [0, 0.1) is 5.82 Å². The lowest BCUT2D eigenvalue weighted by Crippen LogP contribution is -2.44. The van der Waals surface area contributed by atoms with E-state index < -0.39 is 0 Å². The van der Waals surface area contributed by atoms with Gasteiger partial charge in [0, 0.05) is 35.6 Å². The molecular weight excluding hydrogens is 416 g/mol. The number of morpholine rings is 1. The Morgan fingerprint density at radius 1 is 1.21 bits per heavy atom. The Bertz CT molecular complexity index is 1030. The van der Waals surface area contributed by atoms with Crippen molar-refractivity contribution in [3.63, 3.8) is 0 Å². The summed E-state index contributed by atoms with van der Waals surface area (Å²) in [5.74, 6) is -0.625. The quantitative estimate of drug-likeness (QED) is 0.623. The molecule has 1 fully saturated rings. The van der Waals surface area contributed by atoms with E-state index >= 15 is 0 Å². The monoisotopic (exact) mass is 435 g/mol. The zero-order chi connectivity index (χ0) is 20.4. The number of nitrogens with zero attached hydrogens (tertiary/aromatic N) is 1. The highest BCUT2D eigenvalue weighted by Crippen LogP contribution is 2.30. The predicted molar refractivity (Wildman–Crippen MR) is 112 cm³/mol. The summed E-state index contributed by atoms with van der Waals surface area (Å²) in [5.41, 5.74) is 1.82. The van der Waals surface area contributed by atoms with Crippen molar-refractivity contribution in [3.8, 4) is 0 Å². The summed E-state index contributed by atoms with van der Waals surface area (Å²) >= 11 is 12.4. The maximum absolute atomic E-state index is 13.8. The van der Waals surface area contributed by atoms with Crippen LogP contribution >= 0.6 is 23.2 Å². The van der Waals surface area contributed by atoms with Gasteiger partial charge in [-0.15, -0.1) is 0 Å². The van der Waals surface area contributed by atoms with Crippen molar-refractivity contribution in [1.29, 1.82) is 0 Å². The number of halogens is 3. The number of H-pyrrole nitrogens is 1. The van der Waals surface area contributed by atoms with Crippen molar-refractivity contribution < 1.29 is 13.9 Å². The van der Waals surface area contributed by atoms with Gasteiger partial charge in [-0.05, 0) is 35.9 Å². The third-order valence-electron chi connectivity index (χ3n) is 5.10. The second-order valence-corrected chi connectivity index (χ2v) is 7.75. The third-order valence-corrected chi connectivity index (χ3v) is 5.73. The molecule has 1 unspecified atom stereocenters. The Hall–Kier alpha value is -2.12. The number of nitrogens with one attached hydrogen (secondary N) is 2. The first-order chi connectivity index (χ1) is 14.0. The molecule has 1 aromatic heterocycles. The molecule has 3 aromatic rings. The number of benzene rings is 2. The van der Waals surface area contributed by atoms with Crippen molar-refractivity contribution >= 4 is 40.0 Å². The molecule has 0 radical (unpaired) electrons. The van der Waals surface area contributed by atoms with Crippen LogP contribution in [0.4, 0.5) is 4.39 Å². The van der Waals surface area contributed by atoms with Gasteiger partial charge in [0.1, 0.15) is 11.5 Å². The Kier molecular flexibility index (Phi) is 6.06. The smallest absolute Gasteiger partial charge is 0.269 e. The molecule has 4 rings (SSSR count). The summed E-state index contributed by atoms with van der Waals surface area (Å²) in [6, 6.07) is 11.5. The van der Waals surface area contributed by atoms with Crippen molar-refractivity contribution in [2.75, 3.05) is 32.8 Å². The molecule has 29 heavy (non-hydrogen) atoms. The van der Waals surface area contributed by atoms with Gasteiger partial charge < -0.3 is 15.0 Å². The van der Waals surface area contributed by atoms with E-state index in [9.17, 15) is 9.18 Å². The topological polar surface area (TPSA) is 57.4 Å². The van der Waals surface area contributed by atoms with Crippen LogP contribution in [-0.2, 0) is 4.74 Å². The van der Waals surface area contributed by atoms with E-state index in [-0.39, 0.29) is 23.5 Å². The van der Waals surface area contributed by atoms with Gasteiger partial charge in [-0.2, -0.15) is 0 Å². The lowest BCUT2D eigenvalue weighted by atomic mass is 10.0. The molecule has 152 valence electrons.